The minimum atomic E-state index is -0.652. The Balaban J connectivity index is 1.67. The van der Waals surface area contributed by atoms with Crippen molar-refractivity contribution in [3.8, 4) is 17.2 Å². The number of hydrogen-bond acceptors (Lipinski definition) is 8. The van der Waals surface area contributed by atoms with Gasteiger partial charge in [0.15, 0.2) is 18.1 Å². The van der Waals surface area contributed by atoms with Gasteiger partial charge in [-0.2, -0.15) is 0 Å². The van der Waals surface area contributed by atoms with Gasteiger partial charge < -0.3 is 29.0 Å². The second kappa shape index (κ2) is 8.96. The summed E-state index contributed by atoms with van der Waals surface area (Å²) >= 11 is 0. The van der Waals surface area contributed by atoms with Gasteiger partial charge in [0, 0.05) is 11.8 Å². The molecule has 0 fully saturated rings. The predicted molar refractivity (Wildman–Crippen MR) is 101 cm³/mol. The zero-order valence-electron chi connectivity index (χ0n) is 15.9. The molecule has 1 aliphatic rings. The first-order chi connectivity index (χ1) is 14.0. The van der Waals surface area contributed by atoms with E-state index in [1.165, 1.54) is 32.4 Å². The van der Waals surface area contributed by atoms with Gasteiger partial charge in [-0.1, -0.05) is 0 Å². The third kappa shape index (κ3) is 4.95. The van der Waals surface area contributed by atoms with Crippen LogP contribution in [0.1, 0.15) is 20.7 Å². The third-order valence-electron chi connectivity index (χ3n) is 3.94. The van der Waals surface area contributed by atoms with Gasteiger partial charge in [-0.3, -0.25) is 4.79 Å². The summed E-state index contributed by atoms with van der Waals surface area (Å²) in [7, 11) is 2.43. The monoisotopic (exact) mass is 401 g/mol. The van der Waals surface area contributed by atoms with Crippen molar-refractivity contribution >= 4 is 23.5 Å². The van der Waals surface area contributed by atoms with Crippen LogP contribution >= 0.6 is 0 Å². The van der Waals surface area contributed by atoms with Gasteiger partial charge >= 0.3 is 11.9 Å². The van der Waals surface area contributed by atoms with Crippen LogP contribution in [0.15, 0.2) is 36.4 Å². The van der Waals surface area contributed by atoms with E-state index in [1.54, 1.807) is 18.2 Å². The van der Waals surface area contributed by atoms with Crippen LogP contribution in [0.5, 0.6) is 17.2 Å². The number of methoxy groups -OCH3 is 2. The van der Waals surface area contributed by atoms with Crippen LogP contribution in [-0.4, -0.2) is 51.9 Å². The number of rotatable bonds is 6. The minimum Gasteiger partial charge on any atom is -0.486 e. The van der Waals surface area contributed by atoms with Crippen LogP contribution in [-0.2, 0) is 14.3 Å². The Morgan fingerprint density at radius 1 is 0.897 bits per heavy atom. The van der Waals surface area contributed by atoms with E-state index in [9.17, 15) is 14.4 Å². The molecule has 1 heterocycles. The summed E-state index contributed by atoms with van der Waals surface area (Å²) in [6, 6.07) is 9.09. The van der Waals surface area contributed by atoms with Crippen molar-refractivity contribution in [2.45, 2.75) is 0 Å². The fraction of sp³-hybridized carbons (Fsp3) is 0.250. The molecule has 0 saturated heterocycles. The lowest BCUT2D eigenvalue weighted by atomic mass is 10.1. The molecule has 152 valence electrons. The lowest BCUT2D eigenvalue weighted by Gasteiger charge is -2.19. The van der Waals surface area contributed by atoms with Crippen molar-refractivity contribution in [2.24, 2.45) is 0 Å². The van der Waals surface area contributed by atoms with Crippen LogP contribution < -0.4 is 19.5 Å². The maximum absolute atomic E-state index is 12.2. The number of anilines is 1. The third-order valence-corrected chi connectivity index (χ3v) is 3.94. The number of ether oxygens (including phenoxy) is 5. The summed E-state index contributed by atoms with van der Waals surface area (Å²) in [6.07, 6.45) is 0. The highest BCUT2D eigenvalue weighted by atomic mass is 16.6. The lowest BCUT2D eigenvalue weighted by molar-refractivity contribution is -0.118. The molecule has 29 heavy (non-hydrogen) atoms. The standard InChI is InChI=1S/C20H19NO8/c1-25-19(23)12-7-13(20(24)26-2)9-15(8-12)29-11-18(22)21-14-3-4-16-17(10-14)28-6-5-27-16/h3-4,7-10H,5-6,11H2,1-2H3,(H,21,22). The van der Waals surface area contributed by atoms with E-state index in [0.717, 1.165) is 0 Å². The summed E-state index contributed by atoms with van der Waals surface area (Å²) in [6.45, 7) is 0.566. The molecule has 3 rings (SSSR count). The van der Waals surface area contributed by atoms with Gasteiger partial charge in [0.05, 0.1) is 25.3 Å². The number of carbonyl (C=O) groups is 3. The highest BCUT2D eigenvalue weighted by Gasteiger charge is 2.16. The van der Waals surface area contributed by atoms with E-state index >= 15 is 0 Å². The highest BCUT2D eigenvalue weighted by molar-refractivity contribution is 5.96. The van der Waals surface area contributed by atoms with Crippen molar-refractivity contribution in [3.05, 3.63) is 47.5 Å². The molecule has 0 bridgehead atoms. The number of nitrogens with one attached hydrogen (secondary N) is 1. The molecule has 0 aliphatic carbocycles. The first kappa shape index (κ1) is 20.0. The first-order valence-electron chi connectivity index (χ1n) is 8.64. The van der Waals surface area contributed by atoms with E-state index < -0.39 is 17.8 Å². The Bertz CT molecular complexity index is 906. The van der Waals surface area contributed by atoms with Crippen LogP contribution in [0.2, 0.25) is 0 Å². The zero-order chi connectivity index (χ0) is 20.8. The molecule has 1 amide bonds. The minimum absolute atomic E-state index is 0.0950. The first-order valence-corrected chi connectivity index (χ1v) is 8.64. The molecule has 0 radical (unpaired) electrons. The van der Waals surface area contributed by atoms with Gasteiger partial charge in [0.25, 0.3) is 5.91 Å². The molecule has 1 N–H and O–H groups in total. The Morgan fingerprint density at radius 2 is 1.52 bits per heavy atom. The fourth-order valence-electron chi connectivity index (χ4n) is 2.62. The molecule has 2 aromatic rings. The van der Waals surface area contributed by atoms with Crippen molar-refractivity contribution in [2.75, 3.05) is 39.4 Å². The van der Waals surface area contributed by atoms with Gasteiger partial charge in [-0.15, -0.1) is 0 Å². The summed E-state index contributed by atoms with van der Waals surface area (Å²) < 4.78 is 25.7. The average Bonchev–Trinajstić information content (AvgIpc) is 2.76. The number of fused-ring (bicyclic) bond motifs is 1. The molecule has 0 atom stereocenters. The molecular weight excluding hydrogens is 382 g/mol. The van der Waals surface area contributed by atoms with Gasteiger partial charge in [-0.05, 0) is 30.3 Å². The molecule has 0 saturated carbocycles. The fourth-order valence-corrected chi connectivity index (χ4v) is 2.62. The van der Waals surface area contributed by atoms with Crippen LogP contribution in [0.3, 0.4) is 0 Å². The molecule has 9 heteroatoms. The average molecular weight is 401 g/mol. The topological polar surface area (TPSA) is 109 Å². The van der Waals surface area contributed by atoms with E-state index in [0.29, 0.717) is 30.4 Å². The van der Waals surface area contributed by atoms with Crippen LogP contribution in [0.25, 0.3) is 0 Å². The number of amides is 1. The smallest absolute Gasteiger partial charge is 0.338 e. The van der Waals surface area contributed by atoms with Crippen molar-refractivity contribution in [3.63, 3.8) is 0 Å². The molecule has 0 unspecified atom stereocenters. The van der Waals surface area contributed by atoms with E-state index in [1.807, 2.05) is 0 Å². The quantitative estimate of drug-likeness (QED) is 0.733. The molecule has 2 aromatic carbocycles. The Morgan fingerprint density at radius 3 is 2.14 bits per heavy atom. The highest BCUT2D eigenvalue weighted by Crippen LogP contribution is 2.32. The molecule has 0 spiro atoms. The van der Waals surface area contributed by atoms with Gasteiger partial charge in [0.2, 0.25) is 0 Å². The van der Waals surface area contributed by atoms with Crippen molar-refractivity contribution in [1.29, 1.82) is 0 Å². The number of hydrogen-bond donors (Lipinski definition) is 1. The summed E-state index contributed by atoms with van der Waals surface area (Å²) in [5.74, 6) is -0.443. The van der Waals surface area contributed by atoms with Gasteiger partial charge in [-0.25, -0.2) is 9.59 Å². The number of benzene rings is 2. The Hall–Kier alpha value is -3.75. The van der Waals surface area contributed by atoms with Crippen molar-refractivity contribution in [1.82, 2.24) is 0 Å². The SMILES string of the molecule is COC(=O)c1cc(OCC(=O)Nc2ccc3c(c2)OCCO3)cc(C(=O)OC)c1. The summed E-state index contributed by atoms with van der Waals surface area (Å²) in [4.78, 5) is 35.8. The lowest BCUT2D eigenvalue weighted by Crippen LogP contribution is -2.21. The van der Waals surface area contributed by atoms with E-state index in [4.69, 9.17) is 14.2 Å². The predicted octanol–water partition coefficient (Wildman–Crippen LogP) is 2.05. The Labute approximate surface area is 166 Å². The second-order valence-electron chi connectivity index (χ2n) is 5.92. The molecular formula is C20H19NO8. The van der Waals surface area contributed by atoms with Crippen LogP contribution in [0, 0.1) is 0 Å². The summed E-state index contributed by atoms with van der Waals surface area (Å²) in [5.41, 5.74) is 0.705. The van der Waals surface area contributed by atoms with Crippen LogP contribution in [0.4, 0.5) is 5.69 Å². The second-order valence-corrected chi connectivity index (χ2v) is 5.92. The van der Waals surface area contributed by atoms with Crippen molar-refractivity contribution < 1.29 is 38.1 Å². The number of carbonyl (C=O) groups excluding carboxylic acids is 3. The molecule has 9 nitrogen and oxygen atoms in total. The number of esters is 2. The largest absolute Gasteiger partial charge is 0.486 e. The van der Waals surface area contributed by atoms with Gasteiger partial charge in [0.1, 0.15) is 19.0 Å². The van der Waals surface area contributed by atoms with E-state index in [2.05, 4.69) is 14.8 Å². The molecule has 1 aliphatic heterocycles. The molecule has 0 aromatic heterocycles. The summed E-state index contributed by atoms with van der Waals surface area (Å²) in [5, 5.41) is 2.68. The maximum Gasteiger partial charge on any atom is 0.338 e. The normalized spacial score (nSPS) is 11.9. The zero-order valence-corrected chi connectivity index (χ0v) is 15.9. The Kier molecular flexibility index (Phi) is 6.18. The van der Waals surface area contributed by atoms with E-state index in [-0.39, 0.29) is 23.5 Å². The maximum atomic E-state index is 12.2.